The largest absolute Gasteiger partial charge is 0.293 e. The second kappa shape index (κ2) is 6.66. The van der Waals surface area contributed by atoms with Crippen molar-refractivity contribution in [2.45, 2.75) is 5.92 Å². The molecular formula is C22H16ClNO. The standard InChI is InChI=1S/C22H16ClNO/c23-16-10-12-17(13-11-16)24-14-20-21(15-6-2-1-3-7-15)18-8-4-5-9-19(18)22(20)25/h1-14,20-21H. The third kappa shape index (κ3) is 3.01. The average molecular weight is 346 g/mol. The molecule has 0 spiro atoms. The minimum Gasteiger partial charge on any atom is -0.293 e. The van der Waals surface area contributed by atoms with Crippen LogP contribution in [-0.2, 0) is 0 Å². The molecule has 2 unspecified atom stereocenters. The Morgan fingerprint density at radius 3 is 2.28 bits per heavy atom. The van der Waals surface area contributed by atoms with Crippen molar-refractivity contribution in [1.29, 1.82) is 0 Å². The summed E-state index contributed by atoms with van der Waals surface area (Å²) in [5.41, 5.74) is 3.79. The fraction of sp³-hybridized carbons (Fsp3) is 0.0909. The van der Waals surface area contributed by atoms with Crippen molar-refractivity contribution >= 4 is 29.3 Å². The van der Waals surface area contributed by atoms with Gasteiger partial charge in [-0.3, -0.25) is 9.79 Å². The number of hydrogen-bond acceptors (Lipinski definition) is 2. The summed E-state index contributed by atoms with van der Waals surface area (Å²) < 4.78 is 0. The quantitative estimate of drug-likeness (QED) is 0.561. The molecule has 0 heterocycles. The van der Waals surface area contributed by atoms with E-state index >= 15 is 0 Å². The Labute approximate surface area is 151 Å². The lowest BCUT2D eigenvalue weighted by Crippen LogP contribution is -2.16. The molecule has 0 fully saturated rings. The van der Waals surface area contributed by atoms with Gasteiger partial charge in [0.2, 0.25) is 0 Å². The molecule has 0 aromatic heterocycles. The van der Waals surface area contributed by atoms with Gasteiger partial charge in [0.1, 0.15) is 0 Å². The summed E-state index contributed by atoms with van der Waals surface area (Å²) >= 11 is 5.92. The predicted molar refractivity (Wildman–Crippen MR) is 102 cm³/mol. The number of nitrogens with zero attached hydrogens (tertiary/aromatic N) is 1. The number of rotatable bonds is 3. The minimum absolute atomic E-state index is 0.000880. The molecule has 25 heavy (non-hydrogen) atoms. The monoisotopic (exact) mass is 345 g/mol. The number of fused-ring (bicyclic) bond motifs is 1. The van der Waals surface area contributed by atoms with Crippen LogP contribution >= 0.6 is 11.6 Å². The van der Waals surface area contributed by atoms with E-state index in [4.69, 9.17) is 11.6 Å². The number of carbonyl (C=O) groups excluding carboxylic acids is 1. The maximum absolute atomic E-state index is 12.9. The van der Waals surface area contributed by atoms with Gasteiger partial charge in [-0.05, 0) is 35.4 Å². The molecule has 0 saturated carbocycles. The zero-order chi connectivity index (χ0) is 17.2. The Balaban J connectivity index is 1.75. The summed E-state index contributed by atoms with van der Waals surface area (Å²) in [5.74, 6) is -0.168. The van der Waals surface area contributed by atoms with Crippen LogP contribution in [-0.4, -0.2) is 12.0 Å². The highest BCUT2D eigenvalue weighted by molar-refractivity contribution is 6.30. The number of hydrogen-bond donors (Lipinski definition) is 0. The maximum atomic E-state index is 12.9. The van der Waals surface area contributed by atoms with Gasteiger partial charge in [0.25, 0.3) is 0 Å². The first kappa shape index (κ1) is 15.8. The van der Waals surface area contributed by atoms with E-state index in [2.05, 4.69) is 17.1 Å². The van der Waals surface area contributed by atoms with Crippen LogP contribution in [0.4, 0.5) is 5.69 Å². The Morgan fingerprint density at radius 2 is 1.52 bits per heavy atom. The molecule has 1 aliphatic carbocycles. The van der Waals surface area contributed by atoms with Gasteiger partial charge in [0, 0.05) is 22.7 Å². The average Bonchev–Trinajstić information content (AvgIpc) is 2.94. The molecule has 122 valence electrons. The smallest absolute Gasteiger partial charge is 0.172 e. The molecule has 0 N–H and O–H groups in total. The van der Waals surface area contributed by atoms with Crippen LogP contribution in [0, 0.1) is 5.92 Å². The first-order valence-corrected chi connectivity index (χ1v) is 8.59. The third-order valence-corrected chi connectivity index (χ3v) is 4.84. The van der Waals surface area contributed by atoms with E-state index in [9.17, 15) is 4.79 Å². The van der Waals surface area contributed by atoms with Crippen molar-refractivity contribution in [2.75, 3.05) is 0 Å². The lowest BCUT2D eigenvalue weighted by Gasteiger charge is -2.16. The van der Waals surface area contributed by atoms with Gasteiger partial charge in [-0.2, -0.15) is 0 Å². The zero-order valence-corrected chi connectivity index (χ0v) is 14.2. The summed E-state index contributed by atoms with van der Waals surface area (Å²) in [4.78, 5) is 17.5. The molecule has 3 heteroatoms. The molecule has 4 rings (SSSR count). The lowest BCUT2D eigenvalue weighted by molar-refractivity contribution is 0.0965. The van der Waals surface area contributed by atoms with Gasteiger partial charge in [-0.25, -0.2) is 0 Å². The predicted octanol–water partition coefficient (Wildman–Crippen LogP) is 5.69. The number of benzene rings is 3. The molecule has 0 radical (unpaired) electrons. The molecule has 1 aliphatic rings. The Morgan fingerprint density at radius 1 is 0.840 bits per heavy atom. The van der Waals surface area contributed by atoms with Crippen LogP contribution in [0.1, 0.15) is 27.4 Å². The van der Waals surface area contributed by atoms with E-state index in [0.717, 1.165) is 22.4 Å². The number of aliphatic imine (C=N–C) groups is 1. The van der Waals surface area contributed by atoms with Crippen LogP contribution < -0.4 is 0 Å². The van der Waals surface area contributed by atoms with Crippen LogP contribution in [0.5, 0.6) is 0 Å². The van der Waals surface area contributed by atoms with E-state index in [1.807, 2.05) is 54.6 Å². The van der Waals surface area contributed by atoms with Crippen molar-refractivity contribution in [2.24, 2.45) is 10.9 Å². The first-order valence-electron chi connectivity index (χ1n) is 8.22. The minimum atomic E-state index is -0.296. The summed E-state index contributed by atoms with van der Waals surface area (Å²) in [5, 5.41) is 0.672. The lowest BCUT2D eigenvalue weighted by atomic mass is 9.86. The number of halogens is 1. The third-order valence-electron chi connectivity index (χ3n) is 4.59. The van der Waals surface area contributed by atoms with E-state index in [1.165, 1.54) is 0 Å². The maximum Gasteiger partial charge on any atom is 0.172 e. The molecular weight excluding hydrogens is 330 g/mol. The molecule has 2 nitrogen and oxygen atoms in total. The van der Waals surface area contributed by atoms with Gasteiger partial charge >= 0.3 is 0 Å². The fourth-order valence-electron chi connectivity index (χ4n) is 3.41. The zero-order valence-electron chi connectivity index (χ0n) is 13.5. The molecule has 0 bridgehead atoms. The number of carbonyl (C=O) groups is 1. The summed E-state index contributed by atoms with van der Waals surface area (Å²) in [7, 11) is 0. The van der Waals surface area contributed by atoms with Crippen LogP contribution in [0.3, 0.4) is 0 Å². The highest BCUT2D eigenvalue weighted by Crippen LogP contribution is 2.41. The summed E-state index contributed by atoms with van der Waals surface area (Å²) in [6.45, 7) is 0. The first-order chi connectivity index (χ1) is 12.2. The highest BCUT2D eigenvalue weighted by Gasteiger charge is 2.39. The highest BCUT2D eigenvalue weighted by atomic mass is 35.5. The van der Waals surface area contributed by atoms with E-state index in [0.29, 0.717) is 5.02 Å². The van der Waals surface area contributed by atoms with E-state index in [-0.39, 0.29) is 17.6 Å². The van der Waals surface area contributed by atoms with Crippen molar-refractivity contribution in [1.82, 2.24) is 0 Å². The van der Waals surface area contributed by atoms with E-state index < -0.39 is 0 Å². The van der Waals surface area contributed by atoms with Gasteiger partial charge in [-0.1, -0.05) is 66.2 Å². The van der Waals surface area contributed by atoms with Gasteiger partial charge < -0.3 is 0 Å². The Hall–Kier alpha value is -2.71. The molecule has 2 atom stereocenters. The van der Waals surface area contributed by atoms with Crippen molar-refractivity contribution in [3.63, 3.8) is 0 Å². The van der Waals surface area contributed by atoms with Crippen molar-refractivity contribution in [3.05, 3.63) is 101 Å². The second-order valence-corrected chi connectivity index (χ2v) is 6.56. The summed E-state index contributed by atoms with van der Waals surface area (Å²) in [6.07, 6.45) is 1.78. The number of Topliss-reactive ketones (excluding diaryl/α,β-unsaturated/α-hetero) is 1. The Bertz CT molecular complexity index is 932. The van der Waals surface area contributed by atoms with Gasteiger partial charge in [-0.15, -0.1) is 0 Å². The van der Waals surface area contributed by atoms with Crippen LogP contribution in [0.2, 0.25) is 5.02 Å². The SMILES string of the molecule is O=C1c2ccccc2C(c2ccccc2)C1C=Nc1ccc(Cl)cc1. The molecule has 0 aliphatic heterocycles. The fourth-order valence-corrected chi connectivity index (χ4v) is 3.54. The molecule has 0 saturated heterocycles. The van der Waals surface area contributed by atoms with Crippen molar-refractivity contribution < 1.29 is 4.79 Å². The summed E-state index contributed by atoms with van der Waals surface area (Å²) in [6, 6.07) is 25.3. The molecule has 3 aromatic rings. The van der Waals surface area contributed by atoms with Crippen molar-refractivity contribution in [3.8, 4) is 0 Å². The molecule has 0 amide bonds. The van der Waals surface area contributed by atoms with Gasteiger partial charge in [0.15, 0.2) is 5.78 Å². The second-order valence-electron chi connectivity index (χ2n) is 6.12. The Kier molecular flexibility index (Phi) is 4.21. The normalized spacial score (nSPS) is 19.3. The van der Waals surface area contributed by atoms with Crippen LogP contribution in [0.15, 0.2) is 83.9 Å². The molecule has 3 aromatic carbocycles. The van der Waals surface area contributed by atoms with E-state index in [1.54, 1.807) is 18.3 Å². The van der Waals surface area contributed by atoms with Crippen LogP contribution in [0.25, 0.3) is 0 Å². The number of ketones is 1. The topological polar surface area (TPSA) is 29.4 Å². The van der Waals surface area contributed by atoms with Gasteiger partial charge in [0.05, 0.1) is 11.6 Å².